The van der Waals surface area contributed by atoms with Crippen molar-refractivity contribution in [2.45, 2.75) is 39.0 Å². The lowest BCUT2D eigenvalue weighted by molar-refractivity contribution is 0.374. The van der Waals surface area contributed by atoms with Crippen LogP contribution in [0.1, 0.15) is 38.5 Å². The van der Waals surface area contributed by atoms with Gasteiger partial charge < -0.3 is 4.52 Å². The number of unbranched alkanes of at least 4 members (excludes halogenated alkanes) is 3. The molecule has 4 nitrogen and oxygen atoms in total. The van der Waals surface area contributed by atoms with Crippen molar-refractivity contribution in [2.24, 2.45) is 0 Å². The van der Waals surface area contributed by atoms with Gasteiger partial charge in [-0.25, -0.2) is 0 Å². The van der Waals surface area contributed by atoms with E-state index in [1.165, 1.54) is 19.3 Å². The molecule has 2 aromatic heterocycles. The molecular weight excluding hydrogens is 214 g/mol. The Morgan fingerprint density at radius 1 is 1.24 bits per heavy atom. The van der Waals surface area contributed by atoms with Crippen LogP contribution in [0.5, 0.6) is 0 Å². The summed E-state index contributed by atoms with van der Waals surface area (Å²) in [6, 6.07) is 3.80. The second kappa shape index (κ2) is 6.13. The molecule has 0 bridgehead atoms. The summed E-state index contributed by atoms with van der Waals surface area (Å²) in [5.74, 6) is 1.35. The monoisotopic (exact) mass is 231 g/mol. The lowest BCUT2D eigenvalue weighted by atomic mass is 10.1. The van der Waals surface area contributed by atoms with E-state index < -0.39 is 0 Å². The summed E-state index contributed by atoms with van der Waals surface area (Å²) in [6.45, 7) is 2.20. The van der Waals surface area contributed by atoms with Gasteiger partial charge in [-0.2, -0.15) is 4.98 Å². The van der Waals surface area contributed by atoms with Crippen molar-refractivity contribution in [3.63, 3.8) is 0 Å². The second-order valence-corrected chi connectivity index (χ2v) is 4.06. The average Bonchev–Trinajstić information content (AvgIpc) is 2.85. The smallest absolute Gasteiger partial charge is 0.226 e. The van der Waals surface area contributed by atoms with Gasteiger partial charge >= 0.3 is 0 Å². The Kier molecular flexibility index (Phi) is 4.24. The van der Waals surface area contributed by atoms with Crippen molar-refractivity contribution in [2.75, 3.05) is 0 Å². The first-order chi connectivity index (χ1) is 8.40. The molecule has 0 aliphatic heterocycles. The maximum atomic E-state index is 5.21. The zero-order valence-electron chi connectivity index (χ0n) is 10.1. The van der Waals surface area contributed by atoms with Crippen molar-refractivity contribution < 1.29 is 4.52 Å². The van der Waals surface area contributed by atoms with Crippen molar-refractivity contribution in [1.82, 2.24) is 15.1 Å². The Hall–Kier alpha value is -1.71. The van der Waals surface area contributed by atoms with Crippen LogP contribution in [0.3, 0.4) is 0 Å². The molecule has 17 heavy (non-hydrogen) atoms. The Balaban J connectivity index is 1.92. The van der Waals surface area contributed by atoms with Crippen LogP contribution >= 0.6 is 0 Å². The largest absolute Gasteiger partial charge is 0.339 e. The molecule has 0 spiro atoms. The van der Waals surface area contributed by atoms with Crippen molar-refractivity contribution >= 4 is 0 Å². The maximum absolute atomic E-state index is 5.21. The molecule has 2 heterocycles. The van der Waals surface area contributed by atoms with Crippen LogP contribution in [0.2, 0.25) is 0 Å². The van der Waals surface area contributed by atoms with E-state index in [1.54, 1.807) is 12.4 Å². The predicted molar refractivity (Wildman–Crippen MR) is 65.4 cm³/mol. The zero-order chi connectivity index (χ0) is 11.9. The summed E-state index contributed by atoms with van der Waals surface area (Å²) in [7, 11) is 0. The van der Waals surface area contributed by atoms with Crippen LogP contribution in [0.4, 0.5) is 0 Å². The van der Waals surface area contributed by atoms with Crippen molar-refractivity contribution in [3.8, 4) is 11.4 Å². The Labute approximate surface area is 101 Å². The molecule has 0 N–H and O–H groups in total. The molecule has 4 heteroatoms. The number of rotatable bonds is 6. The first-order valence-corrected chi connectivity index (χ1v) is 6.13. The van der Waals surface area contributed by atoms with Crippen LogP contribution in [0, 0.1) is 0 Å². The first kappa shape index (κ1) is 11.8. The molecule has 0 amide bonds. The Bertz CT molecular complexity index is 439. The number of hydrogen-bond acceptors (Lipinski definition) is 4. The van der Waals surface area contributed by atoms with Crippen molar-refractivity contribution in [1.29, 1.82) is 0 Å². The van der Waals surface area contributed by atoms with Crippen LogP contribution < -0.4 is 0 Å². The molecule has 90 valence electrons. The summed E-state index contributed by atoms with van der Waals surface area (Å²) < 4.78 is 5.21. The molecule has 2 aromatic rings. The van der Waals surface area contributed by atoms with Crippen molar-refractivity contribution in [3.05, 3.63) is 30.4 Å². The van der Waals surface area contributed by atoms with Gasteiger partial charge in [-0.1, -0.05) is 31.3 Å². The van der Waals surface area contributed by atoms with E-state index in [2.05, 4.69) is 22.0 Å². The van der Waals surface area contributed by atoms with E-state index in [1.807, 2.05) is 12.1 Å². The van der Waals surface area contributed by atoms with Gasteiger partial charge in [0.2, 0.25) is 11.7 Å². The maximum Gasteiger partial charge on any atom is 0.226 e. The first-order valence-electron chi connectivity index (χ1n) is 6.13. The Morgan fingerprint density at radius 3 is 2.94 bits per heavy atom. The number of aromatic nitrogens is 3. The third-order valence-electron chi connectivity index (χ3n) is 2.63. The zero-order valence-corrected chi connectivity index (χ0v) is 10.1. The highest BCUT2D eigenvalue weighted by atomic mass is 16.5. The molecule has 2 rings (SSSR count). The van der Waals surface area contributed by atoms with Crippen LogP contribution in [0.25, 0.3) is 11.4 Å². The minimum atomic E-state index is 0.628. The van der Waals surface area contributed by atoms with E-state index >= 15 is 0 Å². The van der Waals surface area contributed by atoms with Gasteiger partial charge in [-0.15, -0.1) is 0 Å². The predicted octanol–water partition coefficient (Wildman–Crippen LogP) is 3.25. The van der Waals surface area contributed by atoms with Crippen LogP contribution in [-0.2, 0) is 6.42 Å². The minimum absolute atomic E-state index is 0.628. The molecule has 0 atom stereocenters. The quantitative estimate of drug-likeness (QED) is 0.716. The third-order valence-corrected chi connectivity index (χ3v) is 2.63. The fourth-order valence-corrected chi connectivity index (χ4v) is 1.67. The van der Waals surface area contributed by atoms with E-state index in [4.69, 9.17) is 4.52 Å². The molecule has 0 saturated heterocycles. The fraction of sp³-hybridized carbons (Fsp3) is 0.462. The average molecular weight is 231 g/mol. The van der Waals surface area contributed by atoms with E-state index in [-0.39, 0.29) is 0 Å². The van der Waals surface area contributed by atoms with Crippen LogP contribution in [-0.4, -0.2) is 15.1 Å². The molecule has 0 aliphatic rings. The summed E-state index contributed by atoms with van der Waals surface area (Å²) >= 11 is 0. The number of aryl methyl sites for hydroxylation is 1. The lowest BCUT2D eigenvalue weighted by Crippen LogP contribution is -1.86. The number of hydrogen-bond donors (Lipinski definition) is 0. The number of nitrogens with zero attached hydrogens (tertiary/aromatic N) is 3. The summed E-state index contributed by atoms with van der Waals surface area (Å²) in [5.41, 5.74) is 0.899. The van der Waals surface area contributed by atoms with Gasteiger partial charge in [0, 0.05) is 24.4 Å². The molecule has 0 radical (unpaired) electrons. The van der Waals surface area contributed by atoms with Gasteiger partial charge in [0.25, 0.3) is 0 Å². The minimum Gasteiger partial charge on any atom is -0.339 e. The van der Waals surface area contributed by atoms with Crippen LogP contribution in [0.15, 0.2) is 29.0 Å². The third kappa shape index (κ3) is 3.37. The van der Waals surface area contributed by atoms with Gasteiger partial charge in [0.05, 0.1) is 0 Å². The highest BCUT2D eigenvalue weighted by Gasteiger charge is 2.07. The Morgan fingerprint density at radius 2 is 2.18 bits per heavy atom. The molecule has 0 aliphatic carbocycles. The normalized spacial score (nSPS) is 10.6. The van der Waals surface area contributed by atoms with Gasteiger partial charge in [-0.05, 0) is 18.6 Å². The molecule has 0 aromatic carbocycles. The number of pyridine rings is 1. The lowest BCUT2D eigenvalue weighted by Gasteiger charge is -1.94. The van der Waals surface area contributed by atoms with E-state index in [0.29, 0.717) is 5.82 Å². The highest BCUT2D eigenvalue weighted by molar-refractivity contribution is 5.51. The van der Waals surface area contributed by atoms with Gasteiger partial charge in [0.15, 0.2) is 0 Å². The summed E-state index contributed by atoms with van der Waals surface area (Å²) in [6.07, 6.45) is 9.19. The standard InChI is InChI=1S/C13H17N3O/c1-2-3-4-5-8-12-15-13(16-17-12)11-7-6-9-14-10-11/h6-7,9-10H,2-5,8H2,1H3. The van der Waals surface area contributed by atoms with E-state index in [9.17, 15) is 0 Å². The summed E-state index contributed by atoms with van der Waals surface area (Å²) in [5, 5.41) is 3.96. The molecular formula is C13H17N3O. The molecule has 0 fully saturated rings. The highest BCUT2D eigenvalue weighted by Crippen LogP contribution is 2.14. The molecule has 0 saturated carbocycles. The topological polar surface area (TPSA) is 51.8 Å². The fourth-order valence-electron chi connectivity index (χ4n) is 1.67. The SMILES string of the molecule is CCCCCCc1nc(-c2cccnc2)no1. The van der Waals surface area contributed by atoms with E-state index in [0.717, 1.165) is 24.3 Å². The molecule has 0 unspecified atom stereocenters. The summed E-state index contributed by atoms with van der Waals surface area (Å²) in [4.78, 5) is 8.40. The van der Waals surface area contributed by atoms with Gasteiger partial charge in [-0.3, -0.25) is 4.98 Å². The van der Waals surface area contributed by atoms with Gasteiger partial charge in [0.1, 0.15) is 0 Å². The second-order valence-electron chi connectivity index (χ2n) is 4.06.